The monoisotopic (exact) mass is 419 g/mol. The van der Waals surface area contributed by atoms with Gasteiger partial charge in [-0.25, -0.2) is 9.07 Å². The van der Waals surface area contributed by atoms with E-state index in [1.54, 1.807) is 16.9 Å². The maximum Gasteiger partial charge on any atom is 0.271 e. The molecule has 1 aliphatic heterocycles. The van der Waals surface area contributed by atoms with Crippen LogP contribution in [0.25, 0.3) is 0 Å². The second-order valence-corrected chi connectivity index (χ2v) is 7.07. The second kappa shape index (κ2) is 8.10. The van der Waals surface area contributed by atoms with Gasteiger partial charge in [-0.3, -0.25) is 9.69 Å². The lowest BCUT2D eigenvalue weighted by Gasteiger charge is -2.21. The third-order valence-electron chi connectivity index (χ3n) is 5.01. The molecular weight excluding hydrogens is 401 g/mol. The second-order valence-electron chi connectivity index (χ2n) is 7.07. The van der Waals surface area contributed by atoms with E-state index in [4.69, 9.17) is 10.00 Å². The van der Waals surface area contributed by atoms with Gasteiger partial charge in [0.05, 0.1) is 36.7 Å². The van der Waals surface area contributed by atoms with Crippen LogP contribution < -0.4 is 4.90 Å². The number of halogens is 1. The molecule has 1 unspecified atom stereocenters. The molecule has 2 heterocycles. The molecule has 0 radical (unpaired) electrons. The molecule has 0 bridgehead atoms. The summed E-state index contributed by atoms with van der Waals surface area (Å²) in [6, 6.07) is 15.0. The predicted molar refractivity (Wildman–Crippen MR) is 108 cm³/mol. The molecule has 0 aliphatic carbocycles. The zero-order valence-electron chi connectivity index (χ0n) is 16.4. The lowest BCUT2D eigenvalue weighted by atomic mass is 9.89. The number of nitriles is 1. The average molecular weight is 419 g/mol. The van der Waals surface area contributed by atoms with Crippen molar-refractivity contribution in [2.45, 2.75) is 18.8 Å². The van der Waals surface area contributed by atoms with E-state index < -0.39 is 22.9 Å². The maximum atomic E-state index is 13.8. The topological polar surface area (TPSA) is 104 Å². The SMILES string of the molecule is C=C(C#N)C1(O)C(=O)N(COCc2cn(Cc3ccccc3)nn2)c2ccc(F)cc21. The van der Waals surface area contributed by atoms with Gasteiger partial charge in [-0.15, -0.1) is 5.10 Å². The van der Waals surface area contributed by atoms with E-state index in [2.05, 4.69) is 16.9 Å². The van der Waals surface area contributed by atoms with Gasteiger partial charge in [-0.2, -0.15) is 5.26 Å². The van der Waals surface area contributed by atoms with E-state index in [0.717, 1.165) is 22.6 Å². The van der Waals surface area contributed by atoms with Crippen molar-refractivity contribution in [1.82, 2.24) is 15.0 Å². The first-order valence-electron chi connectivity index (χ1n) is 9.38. The van der Waals surface area contributed by atoms with Crippen LogP contribution >= 0.6 is 0 Å². The number of anilines is 1. The number of benzene rings is 2. The zero-order chi connectivity index (χ0) is 22.0. The van der Waals surface area contributed by atoms with Gasteiger partial charge in [-0.1, -0.05) is 42.1 Å². The van der Waals surface area contributed by atoms with Crippen LogP contribution in [0.1, 0.15) is 16.8 Å². The van der Waals surface area contributed by atoms with Crippen LogP contribution in [0.3, 0.4) is 0 Å². The van der Waals surface area contributed by atoms with Crippen molar-refractivity contribution >= 4 is 11.6 Å². The molecule has 1 amide bonds. The van der Waals surface area contributed by atoms with Gasteiger partial charge in [-0.05, 0) is 23.8 Å². The number of aliphatic hydroxyl groups is 1. The molecule has 156 valence electrons. The maximum absolute atomic E-state index is 13.8. The summed E-state index contributed by atoms with van der Waals surface area (Å²) in [5, 5.41) is 28.1. The van der Waals surface area contributed by atoms with Crippen LogP contribution in [0.2, 0.25) is 0 Å². The van der Waals surface area contributed by atoms with Crippen LogP contribution in [0.4, 0.5) is 10.1 Å². The first-order chi connectivity index (χ1) is 14.9. The summed E-state index contributed by atoms with van der Waals surface area (Å²) in [6.45, 7) is 3.85. The van der Waals surface area contributed by atoms with Crippen molar-refractivity contribution in [2.75, 3.05) is 11.6 Å². The Hall–Kier alpha value is -3.87. The van der Waals surface area contributed by atoms with Crippen LogP contribution in [0, 0.1) is 17.1 Å². The molecule has 4 rings (SSSR count). The Bertz CT molecular complexity index is 1190. The van der Waals surface area contributed by atoms with Gasteiger partial charge >= 0.3 is 0 Å². The Morgan fingerprint density at radius 1 is 1.29 bits per heavy atom. The molecule has 0 saturated carbocycles. The summed E-state index contributed by atoms with van der Waals surface area (Å²) in [5.41, 5.74) is -0.883. The molecule has 9 heteroatoms. The molecular formula is C22H18FN5O3. The largest absolute Gasteiger partial charge is 0.371 e. The fraction of sp³-hybridized carbons (Fsp3) is 0.182. The number of hydrogen-bond donors (Lipinski definition) is 1. The molecule has 2 aromatic carbocycles. The summed E-state index contributed by atoms with van der Waals surface area (Å²) >= 11 is 0. The van der Waals surface area contributed by atoms with Crippen molar-refractivity contribution in [3.63, 3.8) is 0 Å². The first kappa shape index (κ1) is 20.4. The fourth-order valence-corrected chi connectivity index (χ4v) is 3.45. The number of fused-ring (bicyclic) bond motifs is 1. The third-order valence-corrected chi connectivity index (χ3v) is 5.01. The highest BCUT2D eigenvalue weighted by atomic mass is 19.1. The van der Waals surface area contributed by atoms with E-state index in [9.17, 15) is 14.3 Å². The Labute approximate surface area is 177 Å². The smallest absolute Gasteiger partial charge is 0.271 e. The van der Waals surface area contributed by atoms with Crippen LogP contribution in [-0.2, 0) is 28.3 Å². The Morgan fingerprint density at radius 3 is 2.81 bits per heavy atom. The Kier molecular flexibility index (Phi) is 5.33. The molecule has 1 atom stereocenters. The number of rotatable bonds is 7. The molecule has 3 aromatic rings. The lowest BCUT2D eigenvalue weighted by molar-refractivity contribution is -0.133. The van der Waals surface area contributed by atoms with Gasteiger partial charge in [0.2, 0.25) is 5.60 Å². The molecule has 1 aromatic heterocycles. The number of nitrogens with zero attached hydrogens (tertiary/aromatic N) is 5. The van der Waals surface area contributed by atoms with Crippen molar-refractivity contribution in [2.24, 2.45) is 0 Å². The zero-order valence-corrected chi connectivity index (χ0v) is 16.4. The number of ether oxygens (including phenoxy) is 1. The number of hydrogen-bond acceptors (Lipinski definition) is 6. The Morgan fingerprint density at radius 2 is 2.06 bits per heavy atom. The fourth-order valence-electron chi connectivity index (χ4n) is 3.45. The van der Waals surface area contributed by atoms with E-state index in [0.29, 0.717) is 12.2 Å². The van der Waals surface area contributed by atoms with Gasteiger partial charge in [0.1, 0.15) is 18.2 Å². The average Bonchev–Trinajstić information content (AvgIpc) is 3.30. The minimum Gasteiger partial charge on any atom is -0.371 e. The van der Waals surface area contributed by atoms with Crippen molar-refractivity contribution in [3.8, 4) is 6.07 Å². The van der Waals surface area contributed by atoms with E-state index >= 15 is 0 Å². The highest BCUT2D eigenvalue weighted by molar-refractivity contribution is 6.09. The van der Waals surface area contributed by atoms with Gasteiger partial charge < -0.3 is 9.84 Å². The van der Waals surface area contributed by atoms with Gasteiger partial charge in [0, 0.05) is 5.56 Å². The third kappa shape index (κ3) is 3.70. The van der Waals surface area contributed by atoms with Gasteiger partial charge in [0.25, 0.3) is 5.91 Å². The summed E-state index contributed by atoms with van der Waals surface area (Å²) in [4.78, 5) is 14.0. The standard InChI is InChI=1S/C22H18FN5O3/c1-15(10-24)22(30)19-9-17(23)7-8-20(19)28(21(22)29)14-31-13-18-12-27(26-25-18)11-16-5-3-2-4-6-16/h2-9,12,30H,1,11,13-14H2. The number of aromatic nitrogens is 3. The van der Waals surface area contributed by atoms with Crippen LogP contribution in [0.15, 0.2) is 66.9 Å². The normalized spacial score (nSPS) is 17.5. The molecule has 0 fully saturated rings. The van der Waals surface area contributed by atoms with Crippen molar-refractivity contribution in [3.05, 3.63) is 89.5 Å². The summed E-state index contributed by atoms with van der Waals surface area (Å²) in [5.74, 6) is -1.47. The van der Waals surface area contributed by atoms with Gasteiger partial charge in [0.15, 0.2) is 0 Å². The quantitative estimate of drug-likeness (QED) is 0.589. The number of amides is 1. The van der Waals surface area contributed by atoms with Crippen molar-refractivity contribution in [1.29, 1.82) is 5.26 Å². The summed E-state index contributed by atoms with van der Waals surface area (Å²) in [6.07, 6.45) is 1.73. The molecule has 0 saturated heterocycles. The summed E-state index contributed by atoms with van der Waals surface area (Å²) in [7, 11) is 0. The lowest BCUT2D eigenvalue weighted by Crippen LogP contribution is -2.42. The molecule has 1 N–H and O–H groups in total. The predicted octanol–water partition coefficient (Wildman–Crippen LogP) is 2.25. The van der Waals surface area contributed by atoms with E-state index in [1.807, 2.05) is 30.3 Å². The molecule has 31 heavy (non-hydrogen) atoms. The summed E-state index contributed by atoms with van der Waals surface area (Å²) < 4.78 is 21.0. The van der Waals surface area contributed by atoms with Crippen LogP contribution in [-0.4, -0.2) is 32.7 Å². The molecule has 1 aliphatic rings. The molecule has 8 nitrogen and oxygen atoms in total. The number of carbonyl (C=O) groups is 1. The molecule has 0 spiro atoms. The minimum atomic E-state index is -2.33. The highest BCUT2D eigenvalue weighted by Crippen LogP contribution is 2.44. The van der Waals surface area contributed by atoms with E-state index in [-0.39, 0.29) is 24.6 Å². The van der Waals surface area contributed by atoms with Crippen LogP contribution in [0.5, 0.6) is 0 Å². The highest BCUT2D eigenvalue weighted by Gasteiger charge is 2.52. The minimum absolute atomic E-state index is 0.0403. The van der Waals surface area contributed by atoms with Crippen molar-refractivity contribution < 1.29 is 19.0 Å². The Balaban J connectivity index is 1.45. The van der Waals surface area contributed by atoms with E-state index in [1.165, 1.54) is 6.07 Å². The number of carbonyl (C=O) groups excluding carboxylic acids is 1. The first-order valence-corrected chi connectivity index (χ1v) is 9.38.